The van der Waals surface area contributed by atoms with Gasteiger partial charge < -0.3 is 15.7 Å². The van der Waals surface area contributed by atoms with E-state index in [1.165, 1.54) is 12.1 Å². The van der Waals surface area contributed by atoms with Crippen molar-refractivity contribution < 1.29 is 9.90 Å². The van der Waals surface area contributed by atoms with Crippen LogP contribution in [0.5, 0.6) is 0 Å². The minimum atomic E-state index is -0.658. The van der Waals surface area contributed by atoms with Gasteiger partial charge in [-0.1, -0.05) is 24.9 Å². The Morgan fingerprint density at radius 3 is 2.75 bits per heavy atom. The molecule has 20 heavy (non-hydrogen) atoms. The number of urea groups is 1. The number of hydrogen-bond acceptors (Lipinski definition) is 3. The van der Waals surface area contributed by atoms with E-state index in [-0.39, 0.29) is 11.6 Å². The predicted molar refractivity (Wildman–Crippen MR) is 78.7 cm³/mol. The van der Waals surface area contributed by atoms with Gasteiger partial charge in [-0.2, -0.15) is 5.26 Å². The lowest BCUT2D eigenvalue weighted by molar-refractivity contribution is 0.167. The Labute approximate surface area is 123 Å². The van der Waals surface area contributed by atoms with Crippen LogP contribution in [0.4, 0.5) is 10.5 Å². The fraction of sp³-hybridized carbons (Fsp3) is 0.429. The van der Waals surface area contributed by atoms with Crippen molar-refractivity contribution in [3.05, 3.63) is 28.8 Å². The Balaban J connectivity index is 2.72. The Morgan fingerprint density at radius 1 is 1.55 bits per heavy atom. The van der Waals surface area contributed by atoms with Crippen LogP contribution < -0.4 is 10.6 Å². The molecule has 1 unspecified atom stereocenters. The highest BCUT2D eigenvalue weighted by atomic mass is 35.5. The van der Waals surface area contributed by atoms with E-state index in [0.29, 0.717) is 17.7 Å². The summed E-state index contributed by atoms with van der Waals surface area (Å²) in [5.74, 6) is 0. The Hall–Kier alpha value is -1.77. The second-order valence-electron chi connectivity index (χ2n) is 4.85. The number of nitrogens with zero attached hydrogens (tertiary/aromatic N) is 1. The van der Waals surface area contributed by atoms with Crippen LogP contribution in [0.3, 0.4) is 0 Å². The zero-order valence-corrected chi connectivity index (χ0v) is 12.3. The molecular formula is C14H18ClN3O2. The molecule has 0 saturated carbocycles. The summed E-state index contributed by atoms with van der Waals surface area (Å²) >= 11 is 5.89. The maximum absolute atomic E-state index is 11.9. The van der Waals surface area contributed by atoms with Crippen LogP contribution in [0.2, 0.25) is 5.02 Å². The van der Waals surface area contributed by atoms with E-state index >= 15 is 0 Å². The molecule has 0 aromatic heterocycles. The summed E-state index contributed by atoms with van der Waals surface area (Å²) in [6.07, 6.45) is 1.52. The molecule has 0 fully saturated rings. The number of benzene rings is 1. The number of nitriles is 1. The van der Waals surface area contributed by atoms with Gasteiger partial charge in [0.2, 0.25) is 0 Å². The topological polar surface area (TPSA) is 85.2 Å². The first kappa shape index (κ1) is 16.3. The zero-order valence-electron chi connectivity index (χ0n) is 11.5. The summed E-state index contributed by atoms with van der Waals surface area (Å²) in [5, 5.41) is 23.8. The minimum absolute atomic E-state index is 0.137. The van der Waals surface area contributed by atoms with Gasteiger partial charge in [-0.15, -0.1) is 0 Å². The van der Waals surface area contributed by atoms with E-state index in [1.54, 1.807) is 13.0 Å². The molecule has 0 saturated heterocycles. The van der Waals surface area contributed by atoms with Crippen molar-refractivity contribution in [3.8, 4) is 6.07 Å². The maximum Gasteiger partial charge on any atom is 0.319 e. The summed E-state index contributed by atoms with van der Waals surface area (Å²) in [6.45, 7) is 3.62. The standard InChI is InChI=1S/C14H18ClN3O2/c1-3-6-14(2,9-19)18-13(20)17-11-5-4-10(8-16)12(15)7-11/h4-5,7,19H,3,6,9H2,1-2H3,(H2,17,18,20). The normalized spacial score (nSPS) is 13.2. The van der Waals surface area contributed by atoms with Crippen LogP contribution >= 0.6 is 11.6 Å². The van der Waals surface area contributed by atoms with Gasteiger partial charge >= 0.3 is 6.03 Å². The van der Waals surface area contributed by atoms with Crippen molar-refractivity contribution in [1.29, 1.82) is 5.26 Å². The number of carbonyl (C=O) groups excluding carboxylic acids is 1. The van der Waals surface area contributed by atoms with Gasteiger partial charge in [-0.25, -0.2) is 4.79 Å². The number of amides is 2. The summed E-state index contributed by atoms with van der Waals surface area (Å²) in [5.41, 5.74) is 0.182. The van der Waals surface area contributed by atoms with Crippen LogP contribution in [-0.4, -0.2) is 23.3 Å². The van der Waals surface area contributed by atoms with E-state index < -0.39 is 11.6 Å². The van der Waals surface area contributed by atoms with Gasteiger partial charge in [-0.05, 0) is 31.5 Å². The molecule has 1 aromatic rings. The molecule has 108 valence electrons. The molecule has 2 amide bonds. The van der Waals surface area contributed by atoms with E-state index in [9.17, 15) is 9.90 Å². The first-order valence-electron chi connectivity index (χ1n) is 6.34. The third-order valence-corrected chi connectivity index (χ3v) is 3.23. The van der Waals surface area contributed by atoms with Gasteiger partial charge in [0, 0.05) is 5.69 Å². The third kappa shape index (κ3) is 4.41. The average Bonchev–Trinajstić information content (AvgIpc) is 2.39. The number of carbonyl (C=O) groups is 1. The number of nitrogens with one attached hydrogen (secondary N) is 2. The van der Waals surface area contributed by atoms with Crippen molar-refractivity contribution in [3.63, 3.8) is 0 Å². The summed E-state index contributed by atoms with van der Waals surface area (Å²) in [6, 6.07) is 6.17. The number of halogens is 1. The van der Waals surface area contributed by atoms with Crippen LogP contribution in [0.15, 0.2) is 18.2 Å². The predicted octanol–water partition coefficient (Wildman–Crippen LogP) is 2.88. The highest BCUT2D eigenvalue weighted by molar-refractivity contribution is 6.32. The van der Waals surface area contributed by atoms with Gasteiger partial charge in [0.05, 0.1) is 22.7 Å². The molecule has 0 spiro atoms. The van der Waals surface area contributed by atoms with E-state index in [0.717, 1.165) is 6.42 Å². The molecule has 1 rings (SSSR count). The molecule has 0 aliphatic carbocycles. The molecule has 3 N–H and O–H groups in total. The lowest BCUT2D eigenvalue weighted by Crippen LogP contribution is -2.50. The SMILES string of the molecule is CCCC(C)(CO)NC(=O)Nc1ccc(C#N)c(Cl)c1. The van der Waals surface area contributed by atoms with Crippen molar-refractivity contribution >= 4 is 23.3 Å². The zero-order chi connectivity index (χ0) is 15.2. The largest absolute Gasteiger partial charge is 0.394 e. The Morgan fingerprint density at radius 2 is 2.25 bits per heavy atom. The second-order valence-corrected chi connectivity index (χ2v) is 5.26. The smallest absolute Gasteiger partial charge is 0.319 e. The Kier molecular flexibility index (Phi) is 5.81. The van der Waals surface area contributed by atoms with E-state index in [2.05, 4.69) is 10.6 Å². The lowest BCUT2D eigenvalue weighted by Gasteiger charge is -2.28. The molecule has 0 bridgehead atoms. The van der Waals surface area contributed by atoms with Gasteiger partial charge in [0.15, 0.2) is 0 Å². The second kappa shape index (κ2) is 7.13. The Bertz CT molecular complexity index is 528. The monoisotopic (exact) mass is 295 g/mol. The molecule has 6 heteroatoms. The van der Waals surface area contributed by atoms with E-state index in [1.807, 2.05) is 13.0 Å². The highest BCUT2D eigenvalue weighted by Crippen LogP contribution is 2.20. The van der Waals surface area contributed by atoms with Gasteiger partial charge in [-0.3, -0.25) is 0 Å². The summed E-state index contributed by atoms with van der Waals surface area (Å²) in [4.78, 5) is 11.9. The molecular weight excluding hydrogens is 278 g/mol. The lowest BCUT2D eigenvalue weighted by atomic mass is 9.98. The van der Waals surface area contributed by atoms with Crippen molar-refractivity contribution in [2.24, 2.45) is 0 Å². The first-order valence-corrected chi connectivity index (χ1v) is 6.71. The number of anilines is 1. The van der Waals surface area contributed by atoms with Crippen LogP contribution in [0, 0.1) is 11.3 Å². The summed E-state index contributed by atoms with van der Waals surface area (Å²) in [7, 11) is 0. The van der Waals surface area contributed by atoms with Crippen LogP contribution in [-0.2, 0) is 0 Å². The van der Waals surface area contributed by atoms with Crippen LogP contribution in [0.25, 0.3) is 0 Å². The summed E-state index contributed by atoms with van der Waals surface area (Å²) < 4.78 is 0. The first-order chi connectivity index (χ1) is 9.44. The highest BCUT2D eigenvalue weighted by Gasteiger charge is 2.24. The quantitative estimate of drug-likeness (QED) is 0.781. The van der Waals surface area contributed by atoms with Crippen molar-refractivity contribution in [2.45, 2.75) is 32.2 Å². The molecule has 1 aromatic carbocycles. The molecule has 1 atom stereocenters. The molecule has 5 nitrogen and oxygen atoms in total. The molecule has 0 aliphatic rings. The van der Waals surface area contributed by atoms with E-state index in [4.69, 9.17) is 16.9 Å². The fourth-order valence-electron chi connectivity index (χ4n) is 1.85. The van der Waals surface area contributed by atoms with Crippen molar-refractivity contribution in [1.82, 2.24) is 5.32 Å². The minimum Gasteiger partial charge on any atom is -0.394 e. The molecule has 0 radical (unpaired) electrons. The van der Waals surface area contributed by atoms with Gasteiger partial charge in [0.1, 0.15) is 6.07 Å². The maximum atomic E-state index is 11.9. The molecule has 0 heterocycles. The average molecular weight is 296 g/mol. The fourth-order valence-corrected chi connectivity index (χ4v) is 2.08. The van der Waals surface area contributed by atoms with Crippen LogP contribution in [0.1, 0.15) is 32.3 Å². The third-order valence-electron chi connectivity index (χ3n) is 2.91. The molecule has 0 aliphatic heterocycles. The van der Waals surface area contributed by atoms with Gasteiger partial charge in [0.25, 0.3) is 0 Å². The van der Waals surface area contributed by atoms with Crippen molar-refractivity contribution in [2.75, 3.05) is 11.9 Å². The number of hydrogen-bond donors (Lipinski definition) is 3. The number of rotatable bonds is 5. The number of aliphatic hydroxyl groups excluding tert-OH is 1. The number of aliphatic hydroxyl groups is 1.